The molecule has 0 bridgehead atoms. The number of aryl methyl sites for hydroxylation is 2. The highest BCUT2D eigenvalue weighted by Gasteiger charge is 2.39. The zero-order chi connectivity index (χ0) is 15.6. The summed E-state index contributed by atoms with van der Waals surface area (Å²) < 4.78 is 11.6. The third-order valence-corrected chi connectivity index (χ3v) is 4.30. The molecule has 1 aromatic carbocycles. The van der Waals surface area contributed by atoms with Crippen LogP contribution >= 0.6 is 0 Å². The number of amides is 2. The van der Waals surface area contributed by atoms with E-state index < -0.39 is 5.79 Å². The van der Waals surface area contributed by atoms with E-state index >= 15 is 0 Å². The smallest absolute Gasteiger partial charge is 0.321 e. The molecular formula is C17H24N2O3. The standard InChI is InChI=1S/C17H24N2O3/c1-13-10-14(2)12-15(11-13)18-16(20)19-6-4-17(5-7-19)21-8-3-9-22-17/h10-12H,3-9H2,1-2H3,(H,18,20). The molecule has 120 valence electrons. The molecule has 5 heteroatoms. The third kappa shape index (κ3) is 3.42. The molecule has 2 amide bonds. The quantitative estimate of drug-likeness (QED) is 0.867. The molecule has 0 aliphatic carbocycles. The first-order valence-electron chi connectivity index (χ1n) is 7.98. The number of nitrogens with one attached hydrogen (secondary N) is 1. The summed E-state index contributed by atoms with van der Waals surface area (Å²) in [6.45, 7) is 6.91. The van der Waals surface area contributed by atoms with E-state index in [2.05, 4.69) is 11.4 Å². The van der Waals surface area contributed by atoms with Crippen molar-refractivity contribution in [2.75, 3.05) is 31.6 Å². The summed E-state index contributed by atoms with van der Waals surface area (Å²) in [4.78, 5) is 14.2. The zero-order valence-corrected chi connectivity index (χ0v) is 13.4. The van der Waals surface area contributed by atoms with Crippen molar-refractivity contribution < 1.29 is 14.3 Å². The lowest BCUT2D eigenvalue weighted by molar-refractivity contribution is -0.281. The molecule has 0 saturated carbocycles. The van der Waals surface area contributed by atoms with Crippen LogP contribution in [0.4, 0.5) is 10.5 Å². The first-order chi connectivity index (χ1) is 10.6. The van der Waals surface area contributed by atoms with Gasteiger partial charge in [0, 0.05) is 31.6 Å². The number of benzene rings is 1. The Morgan fingerprint density at radius 2 is 1.68 bits per heavy atom. The maximum atomic E-state index is 12.4. The van der Waals surface area contributed by atoms with Gasteiger partial charge in [-0.2, -0.15) is 0 Å². The fourth-order valence-electron chi connectivity index (χ4n) is 3.21. The largest absolute Gasteiger partial charge is 0.350 e. The molecule has 1 aromatic rings. The highest BCUT2D eigenvalue weighted by molar-refractivity contribution is 5.89. The molecule has 5 nitrogen and oxygen atoms in total. The van der Waals surface area contributed by atoms with Gasteiger partial charge >= 0.3 is 6.03 Å². The topological polar surface area (TPSA) is 50.8 Å². The van der Waals surface area contributed by atoms with Gasteiger partial charge in [0.25, 0.3) is 0 Å². The summed E-state index contributed by atoms with van der Waals surface area (Å²) in [6.07, 6.45) is 2.44. The van der Waals surface area contributed by atoms with E-state index in [1.54, 1.807) is 0 Å². The summed E-state index contributed by atoms with van der Waals surface area (Å²) in [5.41, 5.74) is 3.15. The number of carbonyl (C=O) groups excluding carboxylic acids is 1. The van der Waals surface area contributed by atoms with Crippen LogP contribution in [-0.4, -0.2) is 43.0 Å². The Hall–Kier alpha value is -1.59. The molecule has 22 heavy (non-hydrogen) atoms. The molecule has 0 unspecified atom stereocenters. The second kappa shape index (κ2) is 6.26. The van der Waals surface area contributed by atoms with Gasteiger partial charge in [-0.1, -0.05) is 6.07 Å². The van der Waals surface area contributed by atoms with Crippen molar-refractivity contribution in [2.45, 2.75) is 38.9 Å². The minimum Gasteiger partial charge on any atom is -0.350 e. The van der Waals surface area contributed by atoms with E-state index in [1.807, 2.05) is 30.9 Å². The van der Waals surface area contributed by atoms with Crippen molar-refractivity contribution in [3.8, 4) is 0 Å². The monoisotopic (exact) mass is 304 g/mol. The minimum atomic E-state index is -0.449. The molecule has 1 spiro atoms. The molecule has 0 aromatic heterocycles. The Morgan fingerprint density at radius 3 is 2.27 bits per heavy atom. The lowest BCUT2D eigenvalue weighted by Crippen LogP contribution is -2.52. The van der Waals surface area contributed by atoms with Crippen LogP contribution in [0.2, 0.25) is 0 Å². The van der Waals surface area contributed by atoms with Gasteiger partial charge in [0.15, 0.2) is 5.79 Å². The van der Waals surface area contributed by atoms with Crippen LogP contribution in [0.1, 0.15) is 30.4 Å². The number of carbonyl (C=O) groups is 1. The van der Waals surface area contributed by atoms with Crippen molar-refractivity contribution in [2.24, 2.45) is 0 Å². The lowest BCUT2D eigenvalue weighted by atomic mass is 10.0. The summed E-state index contributed by atoms with van der Waals surface area (Å²) in [6, 6.07) is 6.03. The van der Waals surface area contributed by atoms with Gasteiger partial charge in [0.1, 0.15) is 0 Å². The lowest BCUT2D eigenvalue weighted by Gasteiger charge is -2.43. The minimum absolute atomic E-state index is 0.0457. The second-order valence-corrected chi connectivity index (χ2v) is 6.25. The number of hydrogen-bond donors (Lipinski definition) is 1. The van der Waals surface area contributed by atoms with Crippen LogP contribution in [0.15, 0.2) is 18.2 Å². The van der Waals surface area contributed by atoms with Gasteiger partial charge in [-0.05, 0) is 43.5 Å². The number of rotatable bonds is 1. The number of likely N-dealkylation sites (tertiary alicyclic amines) is 1. The molecule has 0 radical (unpaired) electrons. The fraction of sp³-hybridized carbons (Fsp3) is 0.588. The Morgan fingerprint density at radius 1 is 1.09 bits per heavy atom. The van der Waals surface area contributed by atoms with Crippen molar-refractivity contribution in [3.63, 3.8) is 0 Å². The van der Waals surface area contributed by atoms with Crippen molar-refractivity contribution in [1.82, 2.24) is 4.90 Å². The summed E-state index contributed by atoms with van der Waals surface area (Å²) in [5.74, 6) is -0.449. The van der Waals surface area contributed by atoms with Gasteiger partial charge < -0.3 is 19.7 Å². The van der Waals surface area contributed by atoms with E-state index in [1.165, 1.54) is 0 Å². The van der Waals surface area contributed by atoms with Gasteiger partial charge in [0.05, 0.1) is 13.2 Å². The number of ether oxygens (including phenoxy) is 2. The van der Waals surface area contributed by atoms with E-state index in [9.17, 15) is 4.79 Å². The van der Waals surface area contributed by atoms with Crippen LogP contribution in [0.25, 0.3) is 0 Å². The Bertz CT molecular complexity index is 523. The zero-order valence-electron chi connectivity index (χ0n) is 13.4. The number of hydrogen-bond acceptors (Lipinski definition) is 3. The molecule has 2 aliphatic heterocycles. The average molecular weight is 304 g/mol. The first kappa shape index (κ1) is 15.3. The molecule has 1 N–H and O–H groups in total. The van der Waals surface area contributed by atoms with E-state index in [0.29, 0.717) is 13.1 Å². The summed E-state index contributed by atoms with van der Waals surface area (Å²) in [5, 5.41) is 2.99. The second-order valence-electron chi connectivity index (χ2n) is 6.25. The van der Waals surface area contributed by atoms with Crippen molar-refractivity contribution in [3.05, 3.63) is 29.3 Å². The maximum absolute atomic E-state index is 12.4. The van der Waals surface area contributed by atoms with Crippen LogP contribution < -0.4 is 5.32 Å². The van der Waals surface area contributed by atoms with Crippen LogP contribution in [0, 0.1) is 13.8 Å². The number of piperidine rings is 1. The number of nitrogens with zero attached hydrogens (tertiary/aromatic N) is 1. The van der Waals surface area contributed by atoms with Crippen LogP contribution in [0.3, 0.4) is 0 Å². The van der Waals surface area contributed by atoms with Gasteiger partial charge in [-0.25, -0.2) is 4.79 Å². The molecule has 2 heterocycles. The summed E-state index contributed by atoms with van der Waals surface area (Å²) in [7, 11) is 0. The van der Waals surface area contributed by atoms with Gasteiger partial charge in [0.2, 0.25) is 0 Å². The maximum Gasteiger partial charge on any atom is 0.321 e. The third-order valence-electron chi connectivity index (χ3n) is 4.30. The van der Waals surface area contributed by atoms with Crippen LogP contribution in [-0.2, 0) is 9.47 Å². The molecule has 0 atom stereocenters. The summed E-state index contributed by atoms with van der Waals surface area (Å²) >= 11 is 0. The van der Waals surface area contributed by atoms with Gasteiger partial charge in [-0.3, -0.25) is 0 Å². The predicted molar refractivity (Wildman–Crippen MR) is 85.0 cm³/mol. The van der Waals surface area contributed by atoms with Crippen molar-refractivity contribution in [1.29, 1.82) is 0 Å². The molecular weight excluding hydrogens is 280 g/mol. The van der Waals surface area contributed by atoms with E-state index in [4.69, 9.17) is 9.47 Å². The highest BCUT2D eigenvalue weighted by Crippen LogP contribution is 2.31. The molecule has 2 fully saturated rings. The van der Waals surface area contributed by atoms with Gasteiger partial charge in [-0.15, -0.1) is 0 Å². The van der Waals surface area contributed by atoms with E-state index in [0.717, 1.165) is 49.3 Å². The molecule has 2 saturated heterocycles. The Balaban J connectivity index is 1.57. The van der Waals surface area contributed by atoms with E-state index in [-0.39, 0.29) is 6.03 Å². The normalized spacial score (nSPS) is 20.9. The molecule has 3 rings (SSSR count). The Labute approximate surface area is 131 Å². The van der Waals surface area contributed by atoms with Crippen LogP contribution in [0.5, 0.6) is 0 Å². The number of anilines is 1. The molecule has 2 aliphatic rings. The fourth-order valence-corrected chi connectivity index (χ4v) is 3.21. The Kier molecular flexibility index (Phi) is 4.36. The predicted octanol–water partition coefficient (Wildman–Crippen LogP) is 3.06. The first-order valence-corrected chi connectivity index (χ1v) is 7.98. The SMILES string of the molecule is Cc1cc(C)cc(NC(=O)N2CCC3(CC2)OCCCO3)c1. The number of urea groups is 1. The van der Waals surface area contributed by atoms with Crippen molar-refractivity contribution >= 4 is 11.7 Å². The average Bonchev–Trinajstić information content (AvgIpc) is 2.47. The highest BCUT2D eigenvalue weighted by atomic mass is 16.7.